The molecule has 0 radical (unpaired) electrons. The Labute approximate surface area is 152 Å². The smallest absolute Gasteiger partial charge is 0.344 e. The van der Waals surface area contributed by atoms with Crippen molar-refractivity contribution >= 4 is 33.5 Å². The molecule has 0 saturated carbocycles. The minimum atomic E-state index is -0.501. The molecule has 0 atom stereocenters. The van der Waals surface area contributed by atoms with E-state index in [1.807, 2.05) is 36.4 Å². The van der Waals surface area contributed by atoms with Gasteiger partial charge in [-0.1, -0.05) is 69.1 Å². The van der Waals surface area contributed by atoms with E-state index in [1.54, 1.807) is 19.1 Å². The summed E-state index contributed by atoms with van der Waals surface area (Å²) in [5, 5.41) is 4.46. The van der Waals surface area contributed by atoms with Gasteiger partial charge in [0, 0.05) is 15.6 Å². The Balaban J connectivity index is 1.87. The number of benzene rings is 2. The SMILES string of the molecule is Cc1onc(-c2ccccc2Cl)c1C(=O)OCc1ccccc1Br. The maximum absolute atomic E-state index is 12.5. The van der Waals surface area contributed by atoms with Crippen molar-refractivity contribution in [3.63, 3.8) is 0 Å². The van der Waals surface area contributed by atoms with Crippen LogP contribution in [0.1, 0.15) is 21.7 Å². The number of hydrogen-bond acceptors (Lipinski definition) is 4. The summed E-state index contributed by atoms with van der Waals surface area (Å²) in [7, 11) is 0. The van der Waals surface area contributed by atoms with Gasteiger partial charge in [-0.3, -0.25) is 0 Å². The molecule has 0 bridgehead atoms. The molecule has 2 aromatic carbocycles. The van der Waals surface area contributed by atoms with E-state index in [0.29, 0.717) is 22.0 Å². The van der Waals surface area contributed by atoms with E-state index in [1.165, 1.54) is 0 Å². The standard InChI is InChI=1S/C18H13BrClNO3/c1-11-16(17(21-24-11)13-7-3-5-9-15(13)20)18(22)23-10-12-6-2-4-8-14(12)19/h2-9H,10H2,1H3. The monoisotopic (exact) mass is 405 g/mol. The van der Waals surface area contributed by atoms with Crippen molar-refractivity contribution in [2.75, 3.05) is 0 Å². The van der Waals surface area contributed by atoms with Gasteiger partial charge in [-0.15, -0.1) is 0 Å². The van der Waals surface area contributed by atoms with Gasteiger partial charge >= 0.3 is 5.97 Å². The number of esters is 1. The average molecular weight is 407 g/mol. The van der Waals surface area contributed by atoms with Crippen LogP contribution in [0.25, 0.3) is 11.3 Å². The number of aromatic nitrogens is 1. The molecular weight excluding hydrogens is 394 g/mol. The lowest BCUT2D eigenvalue weighted by Gasteiger charge is -2.07. The summed E-state index contributed by atoms with van der Waals surface area (Å²) in [5.41, 5.74) is 2.17. The van der Waals surface area contributed by atoms with Crippen LogP contribution in [0.2, 0.25) is 5.02 Å². The van der Waals surface area contributed by atoms with Gasteiger partial charge in [0.1, 0.15) is 23.6 Å². The van der Waals surface area contributed by atoms with Crippen LogP contribution < -0.4 is 0 Å². The highest BCUT2D eigenvalue weighted by atomic mass is 79.9. The number of carbonyl (C=O) groups is 1. The second-order valence-electron chi connectivity index (χ2n) is 5.11. The Kier molecular flexibility index (Phi) is 5.02. The zero-order valence-corrected chi connectivity index (χ0v) is 15.1. The third kappa shape index (κ3) is 3.37. The van der Waals surface area contributed by atoms with Crippen molar-refractivity contribution in [2.45, 2.75) is 13.5 Å². The van der Waals surface area contributed by atoms with Crippen molar-refractivity contribution < 1.29 is 14.1 Å². The molecule has 3 rings (SSSR count). The van der Waals surface area contributed by atoms with Crippen LogP contribution in [0.4, 0.5) is 0 Å². The maximum Gasteiger partial charge on any atom is 0.344 e. The second-order valence-corrected chi connectivity index (χ2v) is 6.37. The molecule has 0 unspecified atom stereocenters. The predicted molar refractivity (Wildman–Crippen MR) is 94.9 cm³/mol. The first-order valence-electron chi connectivity index (χ1n) is 7.19. The molecule has 0 amide bonds. The van der Waals surface area contributed by atoms with Crippen LogP contribution in [0.3, 0.4) is 0 Å². The van der Waals surface area contributed by atoms with Crippen molar-refractivity contribution in [3.8, 4) is 11.3 Å². The van der Waals surface area contributed by atoms with Crippen molar-refractivity contribution in [1.82, 2.24) is 5.16 Å². The topological polar surface area (TPSA) is 52.3 Å². The van der Waals surface area contributed by atoms with Gasteiger partial charge in [0.2, 0.25) is 0 Å². The van der Waals surface area contributed by atoms with Gasteiger partial charge in [-0.25, -0.2) is 4.79 Å². The minimum absolute atomic E-state index is 0.146. The van der Waals surface area contributed by atoms with Gasteiger partial charge in [-0.05, 0) is 19.1 Å². The third-order valence-corrected chi connectivity index (χ3v) is 4.62. The highest BCUT2D eigenvalue weighted by Gasteiger charge is 2.24. The summed E-state index contributed by atoms with van der Waals surface area (Å²) in [6, 6.07) is 14.7. The molecule has 3 aromatic rings. The largest absolute Gasteiger partial charge is 0.457 e. The van der Waals surface area contributed by atoms with Crippen LogP contribution in [0, 0.1) is 6.92 Å². The van der Waals surface area contributed by atoms with Crippen molar-refractivity contribution in [2.24, 2.45) is 0 Å². The Morgan fingerprint density at radius 1 is 1.21 bits per heavy atom. The fraction of sp³-hybridized carbons (Fsp3) is 0.111. The molecular formula is C18H13BrClNO3. The lowest BCUT2D eigenvalue weighted by molar-refractivity contribution is 0.0471. The number of halogens is 2. The molecule has 4 nitrogen and oxygen atoms in total. The first kappa shape index (κ1) is 16.7. The average Bonchev–Trinajstić information content (AvgIpc) is 2.96. The lowest BCUT2D eigenvalue weighted by atomic mass is 10.1. The van der Waals surface area contributed by atoms with Crippen molar-refractivity contribution in [3.05, 3.63) is 74.9 Å². The van der Waals surface area contributed by atoms with Crippen molar-refractivity contribution in [1.29, 1.82) is 0 Å². The zero-order chi connectivity index (χ0) is 17.1. The minimum Gasteiger partial charge on any atom is -0.457 e. The summed E-state index contributed by atoms with van der Waals surface area (Å²) in [4.78, 5) is 12.5. The van der Waals surface area contributed by atoms with Crippen LogP contribution in [0.15, 0.2) is 57.5 Å². The normalized spacial score (nSPS) is 10.6. The maximum atomic E-state index is 12.5. The molecule has 122 valence electrons. The highest BCUT2D eigenvalue weighted by Crippen LogP contribution is 2.31. The Bertz CT molecular complexity index is 891. The summed E-state index contributed by atoms with van der Waals surface area (Å²) in [5.74, 6) is -0.110. The van der Waals surface area contributed by atoms with Gasteiger partial charge in [-0.2, -0.15) is 0 Å². The highest BCUT2D eigenvalue weighted by molar-refractivity contribution is 9.10. The van der Waals surface area contributed by atoms with Gasteiger partial charge in [0.05, 0.1) is 5.02 Å². The Morgan fingerprint density at radius 3 is 2.67 bits per heavy atom. The van der Waals surface area contributed by atoms with Gasteiger partial charge < -0.3 is 9.26 Å². The first-order chi connectivity index (χ1) is 11.6. The summed E-state index contributed by atoms with van der Waals surface area (Å²) in [6.07, 6.45) is 0. The fourth-order valence-corrected chi connectivity index (χ4v) is 2.91. The Morgan fingerprint density at radius 2 is 1.92 bits per heavy atom. The summed E-state index contributed by atoms with van der Waals surface area (Å²) in [6.45, 7) is 1.81. The molecule has 0 N–H and O–H groups in total. The van der Waals surface area contributed by atoms with Crippen LogP contribution in [-0.4, -0.2) is 11.1 Å². The summed E-state index contributed by atoms with van der Waals surface area (Å²) < 4.78 is 11.5. The third-order valence-electron chi connectivity index (χ3n) is 3.51. The number of carbonyl (C=O) groups excluding carboxylic acids is 1. The number of hydrogen-bond donors (Lipinski definition) is 0. The second kappa shape index (κ2) is 7.20. The van der Waals surface area contributed by atoms with E-state index in [4.69, 9.17) is 20.9 Å². The first-order valence-corrected chi connectivity index (χ1v) is 8.36. The van der Waals surface area contributed by atoms with E-state index in [0.717, 1.165) is 10.0 Å². The molecule has 1 heterocycles. The fourth-order valence-electron chi connectivity index (χ4n) is 2.28. The Hall–Kier alpha value is -2.11. The molecule has 0 aliphatic rings. The predicted octanol–water partition coefficient (Wildman–Crippen LogP) is 5.42. The quantitative estimate of drug-likeness (QED) is 0.543. The van der Waals surface area contributed by atoms with E-state index < -0.39 is 5.97 Å². The van der Waals surface area contributed by atoms with Crippen LogP contribution in [-0.2, 0) is 11.3 Å². The molecule has 0 aliphatic heterocycles. The zero-order valence-electron chi connectivity index (χ0n) is 12.8. The molecule has 1 aromatic heterocycles. The number of ether oxygens (including phenoxy) is 1. The van der Waals surface area contributed by atoms with Gasteiger partial charge in [0.15, 0.2) is 0 Å². The van der Waals surface area contributed by atoms with E-state index >= 15 is 0 Å². The van der Waals surface area contributed by atoms with Gasteiger partial charge in [0.25, 0.3) is 0 Å². The number of aryl methyl sites for hydroxylation is 1. The number of rotatable bonds is 4. The molecule has 0 aliphatic carbocycles. The van der Waals surface area contributed by atoms with E-state index in [-0.39, 0.29) is 12.2 Å². The lowest BCUT2D eigenvalue weighted by Crippen LogP contribution is -2.07. The van der Waals surface area contributed by atoms with Crippen LogP contribution >= 0.6 is 27.5 Å². The molecule has 6 heteroatoms. The molecule has 0 fully saturated rings. The number of nitrogens with zero attached hydrogens (tertiary/aromatic N) is 1. The summed E-state index contributed by atoms with van der Waals surface area (Å²) >= 11 is 9.63. The van der Waals surface area contributed by atoms with E-state index in [9.17, 15) is 4.79 Å². The molecule has 0 spiro atoms. The molecule has 0 saturated heterocycles. The van der Waals surface area contributed by atoms with E-state index in [2.05, 4.69) is 21.1 Å². The molecule has 24 heavy (non-hydrogen) atoms. The van der Waals surface area contributed by atoms with Crippen LogP contribution in [0.5, 0.6) is 0 Å².